The van der Waals surface area contributed by atoms with E-state index in [1.54, 1.807) is 0 Å². The van der Waals surface area contributed by atoms with Gasteiger partial charge in [-0.05, 0) is 54.7 Å². The first-order chi connectivity index (χ1) is 14.6. The van der Waals surface area contributed by atoms with Crippen LogP contribution in [0, 0.1) is 0 Å². The van der Waals surface area contributed by atoms with Crippen LogP contribution in [-0.4, -0.2) is 16.2 Å². The van der Waals surface area contributed by atoms with E-state index in [2.05, 4.69) is 95.0 Å². The van der Waals surface area contributed by atoms with Gasteiger partial charge in [0.25, 0.3) is 0 Å². The number of aromatic nitrogens is 2. The Morgan fingerprint density at radius 2 is 1.63 bits per heavy atom. The van der Waals surface area contributed by atoms with Crippen LogP contribution in [0.25, 0.3) is 22.4 Å². The molecule has 4 heteroatoms. The molecule has 154 valence electrons. The molecule has 1 aromatic heterocycles. The lowest BCUT2D eigenvalue weighted by atomic mass is 10.0. The zero-order valence-electron chi connectivity index (χ0n) is 17.5. The van der Waals surface area contributed by atoms with E-state index in [0.29, 0.717) is 5.92 Å². The van der Waals surface area contributed by atoms with Crippen molar-refractivity contribution >= 4 is 27.0 Å². The van der Waals surface area contributed by atoms with Crippen LogP contribution in [0.1, 0.15) is 38.2 Å². The maximum absolute atomic E-state index is 6.10. The van der Waals surface area contributed by atoms with Crippen molar-refractivity contribution in [3.8, 4) is 17.1 Å². The average Bonchev–Trinajstić information content (AvgIpc) is 3.13. The number of hydrogen-bond acceptors (Lipinski definition) is 2. The Kier molecular flexibility index (Phi) is 6.53. The van der Waals surface area contributed by atoms with E-state index < -0.39 is 0 Å². The van der Waals surface area contributed by atoms with Gasteiger partial charge < -0.3 is 9.30 Å². The molecule has 0 N–H and O–H groups in total. The molecular formula is C26H27BrN2O. The second-order valence-corrected chi connectivity index (χ2v) is 8.75. The predicted octanol–water partition coefficient (Wildman–Crippen LogP) is 7.45. The average molecular weight is 463 g/mol. The summed E-state index contributed by atoms with van der Waals surface area (Å²) in [6, 6.07) is 25.1. The molecule has 0 spiro atoms. The topological polar surface area (TPSA) is 27.1 Å². The van der Waals surface area contributed by atoms with Gasteiger partial charge in [-0.2, -0.15) is 0 Å². The van der Waals surface area contributed by atoms with Crippen LogP contribution >= 0.6 is 15.9 Å². The van der Waals surface area contributed by atoms with Crippen molar-refractivity contribution in [3.05, 3.63) is 82.8 Å². The Morgan fingerprint density at radius 1 is 0.900 bits per heavy atom. The molecule has 0 saturated carbocycles. The van der Waals surface area contributed by atoms with Gasteiger partial charge in [-0.15, -0.1) is 0 Å². The van der Waals surface area contributed by atoms with Gasteiger partial charge in [-0.25, -0.2) is 4.98 Å². The number of para-hydroxylation sites is 3. The summed E-state index contributed by atoms with van der Waals surface area (Å²) >= 11 is 3.52. The first-order valence-corrected chi connectivity index (χ1v) is 11.4. The van der Waals surface area contributed by atoms with Crippen molar-refractivity contribution in [2.24, 2.45) is 0 Å². The lowest BCUT2D eigenvalue weighted by Crippen LogP contribution is -2.05. The highest BCUT2D eigenvalue weighted by Crippen LogP contribution is 2.28. The number of hydrogen-bond donors (Lipinski definition) is 0. The maximum Gasteiger partial charge on any atom is 0.141 e. The van der Waals surface area contributed by atoms with E-state index in [1.165, 1.54) is 11.1 Å². The molecule has 0 bridgehead atoms. The molecule has 0 aliphatic rings. The normalized spacial score (nSPS) is 11.3. The van der Waals surface area contributed by atoms with Crippen LogP contribution in [-0.2, 0) is 6.54 Å². The summed E-state index contributed by atoms with van der Waals surface area (Å²) < 4.78 is 9.51. The summed E-state index contributed by atoms with van der Waals surface area (Å²) in [5, 5.41) is 0. The van der Waals surface area contributed by atoms with E-state index >= 15 is 0 Å². The fraction of sp³-hybridized carbons (Fsp3) is 0.269. The molecule has 4 rings (SSSR count). The van der Waals surface area contributed by atoms with Gasteiger partial charge in [0.1, 0.15) is 11.6 Å². The molecule has 3 nitrogen and oxygen atoms in total. The molecule has 0 radical (unpaired) electrons. The van der Waals surface area contributed by atoms with Crippen LogP contribution in [0.5, 0.6) is 5.75 Å². The van der Waals surface area contributed by atoms with Gasteiger partial charge >= 0.3 is 0 Å². The minimum Gasteiger partial charge on any atom is -0.493 e. The second kappa shape index (κ2) is 9.48. The van der Waals surface area contributed by atoms with Crippen LogP contribution in [0.2, 0.25) is 0 Å². The molecule has 4 aromatic rings. The Balaban J connectivity index is 1.45. The highest BCUT2D eigenvalue weighted by atomic mass is 79.9. The number of unbranched alkanes of at least 4 members (excludes halogenated alkanes) is 1. The first-order valence-electron chi connectivity index (χ1n) is 10.6. The van der Waals surface area contributed by atoms with Gasteiger partial charge in [-0.3, -0.25) is 0 Å². The highest BCUT2D eigenvalue weighted by Gasteiger charge is 2.12. The number of nitrogens with zero attached hydrogens (tertiary/aromatic N) is 2. The van der Waals surface area contributed by atoms with Crippen molar-refractivity contribution in [1.29, 1.82) is 0 Å². The maximum atomic E-state index is 6.10. The van der Waals surface area contributed by atoms with Crippen molar-refractivity contribution in [1.82, 2.24) is 9.55 Å². The van der Waals surface area contributed by atoms with E-state index in [9.17, 15) is 0 Å². The first kappa shape index (κ1) is 20.7. The van der Waals surface area contributed by atoms with E-state index in [1.807, 2.05) is 12.1 Å². The summed E-state index contributed by atoms with van der Waals surface area (Å²) in [5.74, 6) is 2.50. The molecule has 0 fully saturated rings. The third-order valence-electron chi connectivity index (χ3n) is 5.33. The van der Waals surface area contributed by atoms with Crippen molar-refractivity contribution in [3.63, 3.8) is 0 Å². The molecule has 0 atom stereocenters. The van der Waals surface area contributed by atoms with Crippen LogP contribution in [0.15, 0.2) is 77.3 Å². The van der Waals surface area contributed by atoms with E-state index in [-0.39, 0.29) is 0 Å². The summed E-state index contributed by atoms with van der Waals surface area (Å²) in [4.78, 5) is 4.91. The smallest absolute Gasteiger partial charge is 0.141 e. The third kappa shape index (κ3) is 4.59. The Hall–Kier alpha value is -2.59. The number of rotatable bonds is 8. The lowest BCUT2D eigenvalue weighted by molar-refractivity contribution is 0.299. The van der Waals surface area contributed by atoms with Crippen LogP contribution in [0.3, 0.4) is 0 Å². The second-order valence-electron chi connectivity index (χ2n) is 7.83. The van der Waals surface area contributed by atoms with Gasteiger partial charge in [0.05, 0.1) is 17.6 Å². The molecule has 0 saturated heterocycles. The zero-order valence-corrected chi connectivity index (χ0v) is 19.1. The van der Waals surface area contributed by atoms with Gasteiger partial charge in [0, 0.05) is 16.6 Å². The highest BCUT2D eigenvalue weighted by molar-refractivity contribution is 9.10. The van der Waals surface area contributed by atoms with Crippen LogP contribution in [0.4, 0.5) is 0 Å². The summed E-state index contributed by atoms with van der Waals surface area (Å²) in [5.41, 5.74) is 4.63. The summed E-state index contributed by atoms with van der Waals surface area (Å²) in [6.07, 6.45) is 2.03. The molecule has 0 amide bonds. The molecule has 3 aromatic carbocycles. The number of imidazole rings is 1. The van der Waals surface area contributed by atoms with E-state index in [0.717, 1.165) is 53.1 Å². The monoisotopic (exact) mass is 462 g/mol. The Morgan fingerprint density at radius 3 is 2.43 bits per heavy atom. The minimum absolute atomic E-state index is 0.465. The van der Waals surface area contributed by atoms with Gasteiger partial charge in [-0.1, -0.05) is 72.2 Å². The van der Waals surface area contributed by atoms with Crippen molar-refractivity contribution < 1.29 is 4.74 Å². The molecule has 0 aliphatic heterocycles. The number of halogens is 1. The number of fused-ring (bicyclic) bond motifs is 1. The zero-order chi connectivity index (χ0) is 20.9. The molecule has 30 heavy (non-hydrogen) atoms. The predicted molar refractivity (Wildman–Crippen MR) is 128 cm³/mol. The van der Waals surface area contributed by atoms with Crippen molar-refractivity contribution in [2.75, 3.05) is 6.61 Å². The number of aryl methyl sites for hydroxylation is 1. The fourth-order valence-corrected chi connectivity index (χ4v) is 4.03. The largest absolute Gasteiger partial charge is 0.493 e. The van der Waals surface area contributed by atoms with Gasteiger partial charge in [0.15, 0.2) is 0 Å². The third-order valence-corrected chi connectivity index (χ3v) is 5.86. The lowest BCUT2D eigenvalue weighted by Gasteiger charge is -2.14. The Bertz CT molecular complexity index is 1120. The number of benzene rings is 3. The molecule has 0 unspecified atom stereocenters. The minimum atomic E-state index is 0.465. The molecular weight excluding hydrogens is 436 g/mol. The molecule has 1 heterocycles. The number of ether oxygens (including phenoxy) is 1. The standard InChI is InChI=1S/C26H27BrN2O/c1-19(2)22-9-3-6-12-25(22)30-18-8-7-17-29-24-11-5-4-10-23(24)28-26(29)20-13-15-21(27)16-14-20/h3-6,9-16,19H,7-8,17-18H2,1-2H3. The van der Waals surface area contributed by atoms with Gasteiger partial charge in [0.2, 0.25) is 0 Å². The quantitative estimate of drug-likeness (QED) is 0.254. The SMILES string of the molecule is CC(C)c1ccccc1OCCCCn1c(-c2ccc(Br)cc2)nc2ccccc21. The van der Waals surface area contributed by atoms with E-state index in [4.69, 9.17) is 9.72 Å². The van der Waals surface area contributed by atoms with Crippen molar-refractivity contribution in [2.45, 2.75) is 39.2 Å². The summed E-state index contributed by atoms with van der Waals surface area (Å²) in [7, 11) is 0. The van der Waals surface area contributed by atoms with Crippen LogP contribution < -0.4 is 4.74 Å². The fourth-order valence-electron chi connectivity index (χ4n) is 3.76. The summed E-state index contributed by atoms with van der Waals surface area (Å²) in [6.45, 7) is 6.05. The molecule has 0 aliphatic carbocycles. The Labute approximate surface area is 186 Å².